The lowest BCUT2D eigenvalue weighted by atomic mass is 9.84. The van der Waals surface area contributed by atoms with Crippen LogP contribution in [0, 0.1) is 11.3 Å². The molecule has 2 nitrogen and oxygen atoms in total. The number of allylic oxidation sites excluding steroid dienone is 2. The van der Waals surface area contributed by atoms with Crippen LogP contribution in [0.3, 0.4) is 0 Å². The van der Waals surface area contributed by atoms with E-state index in [0.29, 0.717) is 5.92 Å². The van der Waals surface area contributed by atoms with Crippen molar-refractivity contribution in [1.29, 1.82) is 0 Å². The zero-order valence-electron chi connectivity index (χ0n) is 7.70. The Balaban J connectivity index is 2.81. The van der Waals surface area contributed by atoms with E-state index in [1.54, 1.807) is 0 Å². The van der Waals surface area contributed by atoms with Gasteiger partial charge in [-0.15, -0.1) is 0 Å². The van der Waals surface area contributed by atoms with E-state index in [1.807, 2.05) is 31.2 Å². The van der Waals surface area contributed by atoms with E-state index < -0.39 is 5.41 Å². The first-order valence-electron chi connectivity index (χ1n) is 4.05. The number of methoxy groups -OCH3 is 1. The van der Waals surface area contributed by atoms with E-state index in [-0.39, 0.29) is 5.97 Å². The molecule has 0 aromatic rings. The number of esters is 1. The summed E-state index contributed by atoms with van der Waals surface area (Å²) in [5.41, 5.74) is -0.554. The molecule has 0 saturated carbocycles. The molecule has 0 unspecified atom stereocenters. The molecule has 0 atom stereocenters. The molecule has 2 heteroatoms. The zero-order chi connectivity index (χ0) is 9.19. The fraction of sp³-hybridized carbons (Fsp3) is 0.500. The Morgan fingerprint density at radius 1 is 1.42 bits per heavy atom. The van der Waals surface area contributed by atoms with Crippen molar-refractivity contribution in [2.24, 2.45) is 11.3 Å². The first kappa shape index (κ1) is 9.04. The van der Waals surface area contributed by atoms with Crippen LogP contribution in [0.1, 0.15) is 13.8 Å². The third-order valence-electron chi connectivity index (χ3n) is 2.12. The van der Waals surface area contributed by atoms with Crippen LogP contribution in [-0.2, 0) is 9.53 Å². The molecule has 0 heterocycles. The van der Waals surface area contributed by atoms with Gasteiger partial charge < -0.3 is 4.74 Å². The highest BCUT2D eigenvalue weighted by atomic mass is 16.5. The van der Waals surface area contributed by atoms with E-state index in [1.165, 1.54) is 7.11 Å². The standard InChI is InChI=1S/C10H14O2/c1-8-4-6-10(2,7-5-8)9(11)12-3/h4-8H,1-3H3. The Morgan fingerprint density at radius 2 is 1.92 bits per heavy atom. The summed E-state index contributed by atoms with van der Waals surface area (Å²) in [6.07, 6.45) is 7.81. The molecule has 1 aliphatic carbocycles. The van der Waals surface area contributed by atoms with Gasteiger partial charge in [0.2, 0.25) is 0 Å². The predicted octanol–water partition coefficient (Wildman–Crippen LogP) is 1.93. The summed E-state index contributed by atoms with van der Waals surface area (Å²) in [5, 5.41) is 0. The highest BCUT2D eigenvalue weighted by molar-refractivity contribution is 5.81. The van der Waals surface area contributed by atoms with Crippen molar-refractivity contribution in [3.8, 4) is 0 Å². The third kappa shape index (κ3) is 1.58. The third-order valence-corrected chi connectivity index (χ3v) is 2.12. The van der Waals surface area contributed by atoms with Gasteiger partial charge in [0.15, 0.2) is 0 Å². The zero-order valence-corrected chi connectivity index (χ0v) is 7.70. The summed E-state index contributed by atoms with van der Waals surface area (Å²) in [6, 6.07) is 0. The van der Waals surface area contributed by atoms with Crippen LogP contribution in [0.2, 0.25) is 0 Å². The van der Waals surface area contributed by atoms with Gasteiger partial charge in [-0.2, -0.15) is 0 Å². The van der Waals surface area contributed by atoms with Crippen molar-refractivity contribution < 1.29 is 9.53 Å². The summed E-state index contributed by atoms with van der Waals surface area (Å²) < 4.78 is 4.69. The van der Waals surface area contributed by atoms with Gasteiger partial charge in [-0.1, -0.05) is 31.2 Å². The van der Waals surface area contributed by atoms with Crippen LogP contribution in [0.5, 0.6) is 0 Å². The molecule has 1 rings (SSSR count). The molecule has 0 aromatic heterocycles. The first-order chi connectivity index (χ1) is 5.58. The van der Waals surface area contributed by atoms with Crippen molar-refractivity contribution in [3.05, 3.63) is 24.3 Å². The molecule has 1 aliphatic rings. The largest absolute Gasteiger partial charge is 0.468 e. The Bertz CT molecular complexity index is 224. The smallest absolute Gasteiger partial charge is 0.319 e. The maximum Gasteiger partial charge on any atom is 0.319 e. The minimum Gasteiger partial charge on any atom is -0.468 e. The molecule has 0 aromatic carbocycles. The molecular weight excluding hydrogens is 152 g/mol. The monoisotopic (exact) mass is 166 g/mol. The molecule has 0 spiro atoms. The lowest BCUT2D eigenvalue weighted by Crippen LogP contribution is -2.26. The Morgan fingerprint density at radius 3 is 2.33 bits per heavy atom. The van der Waals surface area contributed by atoms with Crippen LogP contribution in [0.4, 0.5) is 0 Å². The normalized spacial score (nSPS) is 33.4. The fourth-order valence-corrected chi connectivity index (χ4v) is 1.18. The fourth-order valence-electron chi connectivity index (χ4n) is 1.18. The lowest BCUT2D eigenvalue weighted by molar-refractivity contribution is -0.146. The van der Waals surface area contributed by atoms with Crippen LogP contribution < -0.4 is 0 Å². The predicted molar refractivity (Wildman–Crippen MR) is 47.6 cm³/mol. The number of hydrogen-bond donors (Lipinski definition) is 0. The number of carbonyl (C=O) groups excluding carboxylic acids is 1. The molecule has 0 aliphatic heterocycles. The minimum absolute atomic E-state index is 0.207. The summed E-state index contributed by atoms with van der Waals surface area (Å²) >= 11 is 0. The topological polar surface area (TPSA) is 26.3 Å². The SMILES string of the molecule is COC(=O)C1(C)C=CC(C)C=C1. The molecule has 0 N–H and O–H groups in total. The average Bonchev–Trinajstić information content (AvgIpc) is 2.09. The van der Waals surface area contributed by atoms with Crippen LogP contribution in [0.25, 0.3) is 0 Å². The first-order valence-corrected chi connectivity index (χ1v) is 4.05. The Labute approximate surface area is 72.9 Å². The van der Waals surface area contributed by atoms with Crippen LogP contribution >= 0.6 is 0 Å². The van der Waals surface area contributed by atoms with Gasteiger partial charge in [0, 0.05) is 0 Å². The van der Waals surface area contributed by atoms with E-state index >= 15 is 0 Å². The van der Waals surface area contributed by atoms with E-state index in [4.69, 9.17) is 0 Å². The maximum absolute atomic E-state index is 11.3. The van der Waals surface area contributed by atoms with Crippen molar-refractivity contribution in [2.75, 3.05) is 7.11 Å². The van der Waals surface area contributed by atoms with Crippen molar-refractivity contribution in [3.63, 3.8) is 0 Å². The van der Waals surface area contributed by atoms with Crippen molar-refractivity contribution >= 4 is 5.97 Å². The second-order valence-electron chi connectivity index (χ2n) is 3.35. The van der Waals surface area contributed by atoms with Gasteiger partial charge in [0.05, 0.1) is 7.11 Å². The quantitative estimate of drug-likeness (QED) is 0.439. The van der Waals surface area contributed by atoms with Crippen molar-refractivity contribution in [1.82, 2.24) is 0 Å². The van der Waals surface area contributed by atoms with Crippen LogP contribution in [0.15, 0.2) is 24.3 Å². The van der Waals surface area contributed by atoms with Gasteiger partial charge >= 0.3 is 5.97 Å². The lowest BCUT2D eigenvalue weighted by Gasteiger charge is -2.22. The second-order valence-corrected chi connectivity index (χ2v) is 3.35. The van der Waals surface area contributed by atoms with Gasteiger partial charge in [-0.3, -0.25) is 4.79 Å². The highest BCUT2D eigenvalue weighted by Crippen LogP contribution is 2.27. The molecule has 0 amide bonds. The summed E-state index contributed by atoms with van der Waals surface area (Å²) in [6.45, 7) is 3.92. The molecule has 0 bridgehead atoms. The summed E-state index contributed by atoms with van der Waals surface area (Å²) in [4.78, 5) is 11.3. The van der Waals surface area contributed by atoms with Gasteiger partial charge in [0.1, 0.15) is 5.41 Å². The average molecular weight is 166 g/mol. The molecule has 12 heavy (non-hydrogen) atoms. The Hall–Kier alpha value is -1.05. The van der Waals surface area contributed by atoms with Gasteiger partial charge in [0.25, 0.3) is 0 Å². The van der Waals surface area contributed by atoms with Gasteiger partial charge in [-0.05, 0) is 12.8 Å². The van der Waals surface area contributed by atoms with E-state index in [0.717, 1.165) is 0 Å². The Kier molecular flexibility index (Phi) is 2.36. The number of carbonyl (C=O) groups is 1. The number of ether oxygens (including phenoxy) is 1. The van der Waals surface area contributed by atoms with Crippen molar-refractivity contribution in [2.45, 2.75) is 13.8 Å². The molecule has 0 saturated heterocycles. The van der Waals surface area contributed by atoms with E-state index in [2.05, 4.69) is 11.7 Å². The molecule has 0 fully saturated rings. The van der Waals surface area contributed by atoms with Gasteiger partial charge in [-0.25, -0.2) is 0 Å². The molecule has 0 radical (unpaired) electrons. The maximum atomic E-state index is 11.3. The summed E-state index contributed by atoms with van der Waals surface area (Å²) in [5.74, 6) is 0.213. The van der Waals surface area contributed by atoms with Crippen LogP contribution in [-0.4, -0.2) is 13.1 Å². The number of rotatable bonds is 1. The highest BCUT2D eigenvalue weighted by Gasteiger charge is 2.30. The molecular formula is C10H14O2. The number of hydrogen-bond acceptors (Lipinski definition) is 2. The second kappa shape index (κ2) is 3.13. The van der Waals surface area contributed by atoms with E-state index in [9.17, 15) is 4.79 Å². The summed E-state index contributed by atoms with van der Waals surface area (Å²) in [7, 11) is 1.41. The minimum atomic E-state index is -0.554. The molecule has 66 valence electrons.